The molecule has 0 aromatic heterocycles. The van der Waals surface area contributed by atoms with E-state index in [4.69, 9.17) is 14.2 Å². The minimum atomic E-state index is -1.05. The Morgan fingerprint density at radius 2 is 1.69 bits per heavy atom. The van der Waals surface area contributed by atoms with Gasteiger partial charge in [-0.1, -0.05) is 0 Å². The highest BCUT2D eigenvalue weighted by molar-refractivity contribution is 6.39. The topological polar surface area (TPSA) is 141 Å². The van der Waals surface area contributed by atoms with Crippen LogP contribution in [-0.2, 0) is 9.59 Å². The number of nitrogens with one attached hydrogen (secondary N) is 2. The highest BCUT2D eigenvalue weighted by Gasteiger charge is 2.17. The molecule has 11 nitrogen and oxygen atoms in total. The summed E-state index contributed by atoms with van der Waals surface area (Å²) in [5.41, 5.74) is 2.35. The maximum atomic E-state index is 12.1. The maximum Gasteiger partial charge on any atom is 0.329 e. The number of nitro benzene ring substituents is 1. The van der Waals surface area contributed by atoms with Crippen molar-refractivity contribution in [1.29, 1.82) is 0 Å². The van der Waals surface area contributed by atoms with Crippen molar-refractivity contribution < 1.29 is 28.7 Å². The Morgan fingerprint density at radius 1 is 1.00 bits per heavy atom. The summed E-state index contributed by atoms with van der Waals surface area (Å²) in [4.78, 5) is 34.4. The molecule has 0 heterocycles. The number of carbonyl (C=O) groups excluding carboxylic acids is 2. The zero-order valence-electron chi connectivity index (χ0n) is 15.8. The first-order chi connectivity index (χ1) is 13.9. The number of nitro groups is 1. The summed E-state index contributed by atoms with van der Waals surface area (Å²) in [5, 5.41) is 17.0. The van der Waals surface area contributed by atoms with Crippen LogP contribution in [0.25, 0.3) is 0 Å². The van der Waals surface area contributed by atoms with Crippen molar-refractivity contribution >= 4 is 29.4 Å². The van der Waals surface area contributed by atoms with Crippen molar-refractivity contribution in [3.05, 3.63) is 52.1 Å². The smallest absolute Gasteiger partial charge is 0.329 e. The van der Waals surface area contributed by atoms with E-state index in [2.05, 4.69) is 10.4 Å². The Labute approximate surface area is 165 Å². The van der Waals surface area contributed by atoms with Crippen LogP contribution < -0.4 is 25.0 Å². The third-order valence-electron chi connectivity index (χ3n) is 3.64. The molecule has 0 bridgehead atoms. The van der Waals surface area contributed by atoms with Gasteiger partial charge in [0.15, 0.2) is 5.75 Å². The molecule has 0 aliphatic carbocycles. The number of hydrogen-bond donors (Lipinski definition) is 2. The fraction of sp³-hybridized carbons (Fsp3) is 0.167. The molecule has 0 atom stereocenters. The van der Waals surface area contributed by atoms with Crippen LogP contribution >= 0.6 is 0 Å². The second-order valence-electron chi connectivity index (χ2n) is 5.41. The average Bonchev–Trinajstić information content (AvgIpc) is 2.73. The average molecular weight is 402 g/mol. The van der Waals surface area contributed by atoms with E-state index >= 15 is 0 Å². The van der Waals surface area contributed by atoms with E-state index in [9.17, 15) is 19.7 Å². The summed E-state index contributed by atoms with van der Waals surface area (Å²) in [6, 6.07) is 8.80. The van der Waals surface area contributed by atoms with E-state index in [1.807, 2.05) is 5.43 Å². The molecule has 152 valence electrons. The summed E-state index contributed by atoms with van der Waals surface area (Å²) in [6.07, 6.45) is 1.16. The summed E-state index contributed by atoms with van der Waals surface area (Å²) in [6.45, 7) is 0. The van der Waals surface area contributed by atoms with Crippen molar-refractivity contribution in [2.75, 3.05) is 26.6 Å². The number of hydrogen-bond acceptors (Lipinski definition) is 8. The number of anilines is 1. The third kappa shape index (κ3) is 5.42. The Balaban J connectivity index is 2.05. The molecule has 0 fully saturated rings. The Morgan fingerprint density at radius 3 is 2.31 bits per heavy atom. The molecular formula is C18H18N4O7. The van der Waals surface area contributed by atoms with Gasteiger partial charge in [-0.15, -0.1) is 0 Å². The molecule has 0 unspecified atom stereocenters. The van der Waals surface area contributed by atoms with Crippen LogP contribution in [0.3, 0.4) is 0 Å². The van der Waals surface area contributed by atoms with Crippen molar-refractivity contribution in [1.82, 2.24) is 5.43 Å². The SMILES string of the molecule is COc1ccc(OC)c(NC(=O)C(=O)N/N=C\c2ccc(OC)c([N+](=O)[O-])c2)c1. The largest absolute Gasteiger partial charge is 0.497 e. The number of benzene rings is 2. The van der Waals surface area contributed by atoms with Crippen LogP contribution in [0.15, 0.2) is 41.5 Å². The molecule has 2 rings (SSSR count). The fourth-order valence-corrected chi connectivity index (χ4v) is 2.24. The van der Waals surface area contributed by atoms with Gasteiger partial charge in [0.1, 0.15) is 11.5 Å². The van der Waals surface area contributed by atoms with Crippen LogP contribution in [0.4, 0.5) is 11.4 Å². The van der Waals surface area contributed by atoms with Gasteiger partial charge in [0, 0.05) is 17.7 Å². The quantitative estimate of drug-likeness (QED) is 0.311. The van der Waals surface area contributed by atoms with Gasteiger partial charge in [-0.3, -0.25) is 19.7 Å². The lowest BCUT2D eigenvalue weighted by atomic mass is 10.2. The lowest BCUT2D eigenvalue weighted by Gasteiger charge is -2.11. The predicted octanol–water partition coefficient (Wildman–Crippen LogP) is 1.71. The van der Waals surface area contributed by atoms with Crippen LogP contribution in [0.1, 0.15) is 5.56 Å². The van der Waals surface area contributed by atoms with E-state index in [-0.39, 0.29) is 17.1 Å². The first-order valence-electron chi connectivity index (χ1n) is 8.08. The molecular weight excluding hydrogens is 384 g/mol. The number of methoxy groups -OCH3 is 3. The first kappa shape index (κ1) is 21.2. The third-order valence-corrected chi connectivity index (χ3v) is 3.64. The standard InChI is InChI=1S/C18H18N4O7/c1-27-12-5-7-15(28-2)13(9-12)20-17(23)18(24)21-19-10-11-4-6-16(29-3)14(8-11)22(25)26/h4-10H,1-3H3,(H,20,23)(H,21,24)/b19-10-. The molecule has 11 heteroatoms. The first-order valence-corrected chi connectivity index (χ1v) is 8.08. The molecule has 2 N–H and O–H groups in total. The Kier molecular flexibility index (Phi) is 7.07. The summed E-state index contributed by atoms with van der Waals surface area (Å²) in [5.74, 6) is -1.16. The van der Waals surface area contributed by atoms with Crippen LogP contribution in [0.5, 0.6) is 17.2 Å². The van der Waals surface area contributed by atoms with Crippen LogP contribution in [0, 0.1) is 10.1 Å². The molecule has 0 saturated heterocycles. The van der Waals surface area contributed by atoms with Gasteiger partial charge in [0.25, 0.3) is 0 Å². The number of hydrazone groups is 1. The number of ether oxygens (including phenoxy) is 3. The molecule has 0 aliphatic rings. The maximum absolute atomic E-state index is 12.1. The summed E-state index contributed by atoms with van der Waals surface area (Å²) < 4.78 is 15.1. The van der Waals surface area contributed by atoms with Gasteiger partial charge in [-0.25, -0.2) is 5.43 Å². The Hall–Kier alpha value is -4.15. The van der Waals surface area contributed by atoms with Gasteiger partial charge in [0.05, 0.1) is 38.2 Å². The lowest BCUT2D eigenvalue weighted by molar-refractivity contribution is -0.385. The van der Waals surface area contributed by atoms with Gasteiger partial charge in [-0.05, 0) is 24.3 Å². The van der Waals surface area contributed by atoms with E-state index in [0.717, 1.165) is 6.21 Å². The molecule has 2 amide bonds. The van der Waals surface area contributed by atoms with E-state index in [0.29, 0.717) is 17.1 Å². The van der Waals surface area contributed by atoms with Crippen LogP contribution in [-0.4, -0.2) is 44.3 Å². The Bertz CT molecular complexity index is 959. The predicted molar refractivity (Wildman–Crippen MR) is 104 cm³/mol. The molecule has 0 spiro atoms. The molecule has 0 radical (unpaired) electrons. The summed E-state index contributed by atoms with van der Waals surface area (Å²) in [7, 11) is 4.18. The number of rotatable bonds is 7. The minimum Gasteiger partial charge on any atom is -0.497 e. The molecule has 2 aromatic carbocycles. The van der Waals surface area contributed by atoms with Crippen molar-refractivity contribution in [2.45, 2.75) is 0 Å². The summed E-state index contributed by atoms with van der Waals surface area (Å²) >= 11 is 0. The van der Waals surface area contributed by atoms with E-state index < -0.39 is 16.7 Å². The number of amides is 2. The van der Waals surface area contributed by atoms with E-state index in [1.165, 1.54) is 45.6 Å². The highest BCUT2D eigenvalue weighted by atomic mass is 16.6. The zero-order chi connectivity index (χ0) is 21.4. The molecule has 0 aliphatic heterocycles. The van der Waals surface area contributed by atoms with Gasteiger partial charge < -0.3 is 19.5 Å². The van der Waals surface area contributed by atoms with Crippen molar-refractivity contribution in [3.63, 3.8) is 0 Å². The second kappa shape index (κ2) is 9.69. The van der Waals surface area contributed by atoms with Crippen LogP contribution in [0.2, 0.25) is 0 Å². The van der Waals surface area contributed by atoms with Gasteiger partial charge in [0.2, 0.25) is 0 Å². The van der Waals surface area contributed by atoms with Gasteiger partial charge >= 0.3 is 17.5 Å². The molecule has 0 saturated carbocycles. The lowest BCUT2D eigenvalue weighted by Crippen LogP contribution is -2.32. The molecule has 2 aromatic rings. The minimum absolute atomic E-state index is 0.0859. The van der Waals surface area contributed by atoms with Gasteiger partial charge in [-0.2, -0.15) is 5.10 Å². The van der Waals surface area contributed by atoms with E-state index in [1.54, 1.807) is 12.1 Å². The van der Waals surface area contributed by atoms with Crippen molar-refractivity contribution in [2.24, 2.45) is 5.10 Å². The second-order valence-corrected chi connectivity index (χ2v) is 5.41. The monoisotopic (exact) mass is 402 g/mol. The fourth-order valence-electron chi connectivity index (χ4n) is 2.24. The normalized spacial score (nSPS) is 10.3. The number of nitrogens with zero attached hydrogens (tertiary/aromatic N) is 2. The molecule has 29 heavy (non-hydrogen) atoms. The highest BCUT2D eigenvalue weighted by Crippen LogP contribution is 2.29. The number of carbonyl (C=O) groups is 2. The zero-order valence-corrected chi connectivity index (χ0v) is 15.8. The van der Waals surface area contributed by atoms with Crippen molar-refractivity contribution in [3.8, 4) is 17.2 Å².